The van der Waals surface area contributed by atoms with Crippen LogP contribution in [0.25, 0.3) is 0 Å². The molecule has 2 aromatic carbocycles. The first kappa shape index (κ1) is 25.6. The van der Waals surface area contributed by atoms with Crippen molar-refractivity contribution in [2.75, 3.05) is 40.0 Å². The van der Waals surface area contributed by atoms with E-state index in [0.29, 0.717) is 48.5 Å². The molecular formula is C25H32Cl2N2O4. The number of likely N-dealkylation sites (tertiary alicyclic amines) is 1. The van der Waals surface area contributed by atoms with E-state index in [1.807, 2.05) is 48.2 Å². The van der Waals surface area contributed by atoms with E-state index in [1.54, 1.807) is 7.11 Å². The Morgan fingerprint density at radius 1 is 1.15 bits per heavy atom. The molecule has 1 aliphatic heterocycles. The van der Waals surface area contributed by atoms with Crippen LogP contribution in [-0.4, -0.2) is 56.9 Å². The third kappa shape index (κ3) is 7.24. The zero-order valence-electron chi connectivity index (χ0n) is 19.2. The second-order valence-corrected chi connectivity index (χ2v) is 9.13. The number of hydrogen-bond donors (Lipinski definition) is 1. The van der Waals surface area contributed by atoms with Crippen LogP contribution >= 0.6 is 23.2 Å². The summed E-state index contributed by atoms with van der Waals surface area (Å²) in [5.74, 6) is 1.04. The third-order valence-electron chi connectivity index (χ3n) is 5.80. The summed E-state index contributed by atoms with van der Waals surface area (Å²) in [6.45, 7) is 4.30. The van der Waals surface area contributed by atoms with Crippen molar-refractivity contribution in [1.29, 1.82) is 0 Å². The van der Waals surface area contributed by atoms with E-state index in [2.05, 4.69) is 0 Å². The molecule has 0 spiro atoms. The fourth-order valence-corrected chi connectivity index (χ4v) is 4.70. The van der Waals surface area contributed by atoms with Crippen molar-refractivity contribution in [3.8, 4) is 11.5 Å². The van der Waals surface area contributed by atoms with Gasteiger partial charge >= 0.3 is 0 Å². The number of rotatable bonds is 10. The highest BCUT2D eigenvalue weighted by molar-refractivity contribution is 6.37. The summed E-state index contributed by atoms with van der Waals surface area (Å²) < 4.78 is 16.9. The number of nitrogens with zero attached hydrogens (tertiary/aromatic N) is 1. The van der Waals surface area contributed by atoms with Crippen molar-refractivity contribution < 1.29 is 19.0 Å². The van der Waals surface area contributed by atoms with Crippen LogP contribution in [0.5, 0.6) is 11.5 Å². The van der Waals surface area contributed by atoms with Gasteiger partial charge in [0, 0.05) is 26.7 Å². The predicted molar refractivity (Wildman–Crippen MR) is 131 cm³/mol. The Bertz CT molecular complexity index is 900. The van der Waals surface area contributed by atoms with E-state index in [9.17, 15) is 4.79 Å². The lowest BCUT2D eigenvalue weighted by Crippen LogP contribution is -2.47. The Labute approximate surface area is 205 Å². The van der Waals surface area contributed by atoms with Gasteiger partial charge in [0.1, 0.15) is 19.0 Å². The Kier molecular flexibility index (Phi) is 9.68. The van der Waals surface area contributed by atoms with Crippen LogP contribution in [0.4, 0.5) is 0 Å². The molecule has 0 bridgehead atoms. The van der Waals surface area contributed by atoms with Gasteiger partial charge in [0.2, 0.25) is 5.91 Å². The molecular weight excluding hydrogens is 463 g/mol. The van der Waals surface area contributed by atoms with Crippen molar-refractivity contribution in [3.63, 3.8) is 0 Å². The fourth-order valence-electron chi connectivity index (χ4n) is 3.99. The average molecular weight is 495 g/mol. The van der Waals surface area contributed by atoms with Crippen LogP contribution in [-0.2, 0) is 16.0 Å². The maximum atomic E-state index is 13.0. The van der Waals surface area contributed by atoms with Crippen molar-refractivity contribution >= 4 is 29.1 Å². The van der Waals surface area contributed by atoms with E-state index in [-0.39, 0.29) is 17.9 Å². The number of ether oxygens (including phenoxy) is 3. The number of carbonyl (C=O) groups is 1. The minimum absolute atomic E-state index is 0.102. The maximum Gasteiger partial charge on any atom is 0.227 e. The number of hydrogen-bond acceptors (Lipinski definition) is 5. The van der Waals surface area contributed by atoms with Crippen molar-refractivity contribution in [1.82, 2.24) is 4.90 Å². The van der Waals surface area contributed by atoms with Gasteiger partial charge in [-0.1, -0.05) is 35.3 Å². The van der Waals surface area contributed by atoms with Crippen LogP contribution in [0.3, 0.4) is 0 Å². The SMILES string of the molecule is COC1CCCN(C(=O)C(CN)Cc2ccc(OCCOc3c(Cl)cc(C)cc3Cl)cc2)C1. The van der Waals surface area contributed by atoms with Gasteiger partial charge in [-0.15, -0.1) is 0 Å². The normalized spacial score (nSPS) is 17.0. The summed E-state index contributed by atoms with van der Waals surface area (Å²) in [5.41, 5.74) is 7.96. The lowest BCUT2D eigenvalue weighted by molar-refractivity contribution is -0.138. The molecule has 0 aromatic heterocycles. The van der Waals surface area contributed by atoms with Crippen LogP contribution in [0.1, 0.15) is 24.0 Å². The molecule has 0 aliphatic carbocycles. The van der Waals surface area contributed by atoms with Gasteiger partial charge in [-0.05, 0) is 61.6 Å². The molecule has 2 atom stereocenters. The second-order valence-electron chi connectivity index (χ2n) is 8.32. The monoisotopic (exact) mass is 494 g/mol. The summed E-state index contributed by atoms with van der Waals surface area (Å²) in [7, 11) is 1.70. The molecule has 0 saturated carbocycles. The average Bonchev–Trinajstić information content (AvgIpc) is 2.82. The van der Waals surface area contributed by atoms with Gasteiger partial charge in [-0.25, -0.2) is 0 Å². The first-order valence-electron chi connectivity index (χ1n) is 11.2. The summed E-state index contributed by atoms with van der Waals surface area (Å²) in [6, 6.07) is 11.3. The number of nitrogens with two attached hydrogens (primary N) is 1. The molecule has 6 nitrogen and oxygen atoms in total. The number of methoxy groups -OCH3 is 1. The highest BCUT2D eigenvalue weighted by atomic mass is 35.5. The largest absolute Gasteiger partial charge is 0.490 e. The molecule has 33 heavy (non-hydrogen) atoms. The molecule has 1 amide bonds. The smallest absolute Gasteiger partial charge is 0.227 e. The number of benzene rings is 2. The highest BCUT2D eigenvalue weighted by Crippen LogP contribution is 2.34. The number of piperidine rings is 1. The molecule has 1 aliphatic rings. The molecule has 1 heterocycles. The number of aryl methyl sites for hydroxylation is 1. The van der Waals surface area contributed by atoms with Crippen molar-refractivity contribution in [2.45, 2.75) is 32.3 Å². The molecule has 3 rings (SSSR count). The minimum atomic E-state index is -0.246. The van der Waals surface area contributed by atoms with Gasteiger partial charge in [0.25, 0.3) is 0 Å². The van der Waals surface area contributed by atoms with E-state index in [0.717, 1.165) is 36.3 Å². The van der Waals surface area contributed by atoms with Crippen molar-refractivity contribution in [3.05, 3.63) is 57.6 Å². The molecule has 1 saturated heterocycles. The first-order valence-corrected chi connectivity index (χ1v) is 12.0. The quantitative estimate of drug-likeness (QED) is 0.491. The summed E-state index contributed by atoms with van der Waals surface area (Å²) in [4.78, 5) is 14.8. The fraction of sp³-hybridized carbons (Fsp3) is 0.480. The number of carbonyl (C=O) groups excluding carboxylic acids is 1. The van der Waals surface area contributed by atoms with Crippen LogP contribution < -0.4 is 15.2 Å². The van der Waals surface area contributed by atoms with E-state index < -0.39 is 0 Å². The van der Waals surface area contributed by atoms with Gasteiger partial charge in [0.15, 0.2) is 5.75 Å². The van der Waals surface area contributed by atoms with Gasteiger partial charge in [-0.3, -0.25) is 4.79 Å². The van der Waals surface area contributed by atoms with Crippen LogP contribution in [0, 0.1) is 12.8 Å². The Balaban J connectivity index is 1.47. The molecule has 2 aromatic rings. The number of halogens is 2. The summed E-state index contributed by atoms with van der Waals surface area (Å²) in [6.07, 6.45) is 2.65. The lowest BCUT2D eigenvalue weighted by atomic mass is 9.96. The standard InChI is InChI=1S/C25H32Cl2N2O4/c1-17-12-22(26)24(23(27)13-17)33-11-10-32-20-7-5-18(6-8-20)14-19(15-28)25(30)29-9-3-4-21(16-29)31-2/h5-8,12-13,19,21H,3-4,9-11,14-16,28H2,1-2H3. The third-order valence-corrected chi connectivity index (χ3v) is 6.36. The lowest BCUT2D eigenvalue weighted by Gasteiger charge is -2.34. The minimum Gasteiger partial charge on any atom is -0.490 e. The summed E-state index contributed by atoms with van der Waals surface area (Å²) >= 11 is 12.4. The zero-order valence-corrected chi connectivity index (χ0v) is 20.7. The molecule has 180 valence electrons. The highest BCUT2D eigenvalue weighted by Gasteiger charge is 2.28. The first-order chi connectivity index (χ1) is 15.9. The molecule has 2 unspecified atom stereocenters. The van der Waals surface area contributed by atoms with Gasteiger partial charge in [-0.2, -0.15) is 0 Å². The Morgan fingerprint density at radius 2 is 1.82 bits per heavy atom. The van der Waals surface area contributed by atoms with E-state index in [4.69, 9.17) is 43.1 Å². The summed E-state index contributed by atoms with van der Waals surface area (Å²) in [5, 5.41) is 0.964. The molecule has 1 fully saturated rings. The Hall–Kier alpha value is -1.99. The van der Waals surface area contributed by atoms with E-state index >= 15 is 0 Å². The molecule has 8 heteroatoms. The van der Waals surface area contributed by atoms with E-state index in [1.165, 1.54) is 0 Å². The zero-order chi connectivity index (χ0) is 23.8. The van der Waals surface area contributed by atoms with Gasteiger partial charge < -0.3 is 24.8 Å². The topological polar surface area (TPSA) is 74.0 Å². The second kappa shape index (κ2) is 12.5. The Morgan fingerprint density at radius 3 is 2.45 bits per heavy atom. The molecule has 2 N–H and O–H groups in total. The maximum absolute atomic E-state index is 13.0. The van der Waals surface area contributed by atoms with Gasteiger partial charge in [0.05, 0.1) is 22.1 Å². The number of amides is 1. The van der Waals surface area contributed by atoms with Crippen LogP contribution in [0.15, 0.2) is 36.4 Å². The van der Waals surface area contributed by atoms with Crippen molar-refractivity contribution in [2.24, 2.45) is 11.7 Å². The molecule has 0 radical (unpaired) electrons. The van der Waals surface area contributed by atoms with Crippen LogP contribution in [0.2, 0.25) is 10.0 Å². The predicted octanol–water partition coefficient (Wildman–Crippen LogP) is 4.51.